The van der Waals surface area contributed by atoms with Crippen LogP contribution >= 0.6 is 0 Å². The second-order valence-corrected chi connectivity index (χ2v) is 3.20. The van der Waals surface area contributed by atoms with Gasteiger partial charge >= 0.3 is 6.36 Å². The first-order valence-corrected chi connectivity index (χ1v) is 4.55. The van der Waals surface area contributed by atoms with Crippen molar-refractivity contribution < 1.29 is 22.3 Å². The van der Waals surface area contributed by atoms with Gasteiger partial charge in [0.2, 0.25) is 0 Å². The van der Waals surface area contributed by atoms with Crippen molar-refractivity contribution in [3.05, 3.63) is 23.0 Å². The van der Waals surface area contributed by atoms with E-state index in [-0.39, 0.29) is 23.4 Å². The summed E-state index contributed by atoms with van der Waals surface area (Å²) in [6.07, 6.45) is -5.06. The number of alkyl halides is 4. The summed E-state index contributed by atoms with van der Waals surface area (Å²) in [6, 6.07) is 2.71. The average Bonchev–Trinajstić information content (AvgIpc) is 2.21. The van der Waals surface area contributed by atoms with Gasteiger partial charge in [-0.1, -0.05) is 0 Å². The van der Waals surface area contributed by atoms with Gasteiger partial charge in [-0.3, -0.25) is 4.98 Å². The zero-order valence-corrected chi connectivity index (χ0v) is 8.81. The molecule has 7 heteroatoms. The summed E-state index contributed by atoms with van der Waals surface area (Å²) >= 11 is 0. The lowest BCUT2D eigenvalue weighted by atomic mass is 10.1. The molecule has 0 radical (unpaired) electrons. The van der Waals surface area contributed by atoms with Crippen LogP contribution < -0.4 is 4.74 Å². The summed E-state index contributed by atoms with van der Waals surface area (Å²) < 4.78 is 52.5. The van der Waals surface area contributed by atoms with Crippen LogP contribution in [0.4, 0.5) is 17.6 Å². The first-order valence-electron chi connectivity index (χ1n) is 4.55. The molecule has 1 aromatic heterocycles. The Kier molecular flexibility index (Phi) is 3.89. The number of pyridine rings is 1. The van der Waals surface area contributed by atoms with Gasteiger partial charge in [-0.15, -0.1) is 13.2 Å². The monoisotopic (exact) mass is 248 g/mol. The Labute approximate surface area is 94.6 Å². The highest BCUT2D eigenvalue weighted by atomic mass is 19.4. The van der Waals surface area contributed by atoms with Crippen molar-refractivity contribution in [2.75, 3.05) is 0 Å². The van der Waals surface area contributed by atoms with Crippen molar-refractivity contribution in [1.29, 1.82) is 5.26 Å². The average molecular weight is 248 g/mol. The lowest BCUT2D eigenvalue weighted by Crippen LogP contribution is -2.18. The Morgan fingerprint density at radius 3 is 2.59 bits per heavy atom. The lowest BCUT2D eigenvalue weighted by Gasteiger charge is -2.13. The lowest BCUT2D eigenvalue weighted by molar-refractivity contribution is -0.274. The molecular weight excluding hydrogens is 240 g/mol. The minimum atomic E-state index is -4.86. The van der Waals surface area contributed by atoms with Crippen molar-refractivity contribution in [2.45, 2.75) is 26.4 Å². The fourth-order valence-corrected chi connectivity index (χ4v) is 1.22. The van der Waals surface area contributed by atoms with Crippen molar-refractivity contribution in [3.63, 3.8) is 0 Å². The summed E-state index contributed by atoms with van der Waals surface area (Å²) in [5.74, 6) is -0.523. The van der Waals surface area contributed by atoms with Crippen LogP contribution in [-0.2, 0) is 13.1 Å². The maximum atomic E-state index is 12.5. The number of aromatic nitrogens is 1. The van der Waals surface area contributed by atoms with E-state index in [1.165, 1.54) is 6.92 Å². The van der Waals surface area contributed by atoms with Gasteiger partial charge in [0.15, 0.2) is 0 Å². The van der Waals surface area contributed by atoms with Crippen LogP contribution in [-0.4, -0.2) is 11.3 Å². The third-order valence-corrected chi connectivity index (χ3v) is 1.99. The number of nitriles is 1. The predicted molar refractivity (Wildman–Crippen MR) is 49.8 cm³/mol. The molecule has 92 valence electrons. The normalized spacial score (nSPS) is 11.1. The number of halogens is 4. The highest BCUT2D eigenvalue weighted by Gasteiger charge is 2.32. The van der Waals surface area contributed by atoms with Gasteiger partial charge in [0.25, 0.3) is 0 Å². The second-order valence-electron chi connectivity index (χ2n) is 3.20. The molecule has 1 rings (SSSR count). The van der Waals surface area contributed by atoms with Gasteiger partial charge < -0.3 is 4.74 Å². The van der Waals surface area contributed by atoms with Gasteiger partial charge in [0.05, 0.1) is 23.9 Å². The number of ether oxygens (including phenoxy) is 1. The topological polar surface area (TPSA) is 45.9 Å². The van der Waals surface area contributed by atoms with Crippen molar-refractivity contribution in [2.24, 2.45) is 0 Å². The largest absolute Gasteiger partial charge is 0.573 e. The molecule has 0 bridgehead atoms. The van der Waals surface area contributed by atoms with E-state index in [1.54, 1.807) is 6.07 Å². The molecule has 0 aliphatic rings. The maximum absolute atomic E-state index is 12.5. The molecule has 0 aromatic carbocycles. The predicted octanol–water partition coefficient (Wildman–Crippen LogP) is 2.82. The molecule has 0 spiro atoms. The molecule has 3 nitrogen and oxygen atoms in total. The Morgan fingerprint density at radius 1 is 1.47 bits per heavy atom. The van der Waals surface area contributed by atoms with E-state index in [4.69, 9.17) is 5.26 Å². The van der Waals surface area contributed by atoms with Crippen LogP contribution in [0.15, 0.2) is 6.07 Å². The van der Waals surface area contributed by atoms with Gasteiger partial charge in [-0.25, -0.2) is 4.39 Å². The fourth-order valence-electron chi connectivity index (χ4n) is 1.22. The number of rotatable bonds is 3. The summed E-state index contributed by atoms with van der Waals surface area (Å²) in [6.45, 7) is 0.262. The number of hydrogen-bond donors (Lipinski definition) is 0. The van der Waals surface area contributed by atoms with E-state index in [0.29, 0.717) is 0 Å². The van der Waals surface area contributed by atoms with E-state index >= 15 is 0 Å². The van der Waals surface area contributed by atoms with Crippen molar-refractivity contribution in [1.82, 2.24) is 4.98 Å². The van der Waals surface area contributed by atoms with Gasteiger partial charge in [0, 0.05) is 11.6 Å². The molecule has 1 heterocycles. The van der Waals surface area contributed by atoms with Gasteiger partial charge in [-0.05, 0) is 6.92 Å². The van der Waals surface area contributed by atoms with E-state index in [0.717, 1.165) is 6.07 Å². The molecule has 0 aliphatic heterocycles. The minimum Gasteiger partial charge on any atom is -0.405 e. The summed E-state index contributed by atoms with van der Waals surface area (Å²) in [5.41, 5.74) is -0.131. The third kappa shape index (κ3) is 3.59. The van der Waals surface area contributed by atoms with Crippen LogP contribution in [0, 0.1) is 18.3 Å². The van der Waals surface area contributed by atoms with Crippen LogP contribution in [0.25, 0.3) is 0 Å². The molecule has 0 fully saturated rings. The summed E-state index contributed by atoms with van der Waals surface area (Å²) in [5, 5.41) is 8.43. The molecule has 0 saturated carbocycles. The van der Waals surface area contributed by atoms with Gasteiger partial charge in [0.1, 0.15) is 12.4 Å². The SMILES string of the molecule is Cc1c(OC(F)(F)F)cc(CC#N)nc1CF. The molecule has 0 saturated heterocycles. The molecule has 0 unspecified atom stereocenters. The van der Waals surface area contributed by atoms with E-state index in [2.05, 4.69) is 9.72 Å². The standard InChI is InChI=1S/C10H8F4N2O/c1-6-8(5-11)16-7(2-3-15)4-9(6)17-10(12,13)14/h4H,2,5H2,1H3. The minimum absolute atomic E-state index is 0.0217. The smallest absolute Gasteiger partial charge is 0.405 e. The second kappa shape index (κ2) is 4.99. The summed E-state index contributed by atoms with van der Waals surface area (Å²) in [7, 11) is 0. The Morgan fingerprint density at radius 2 is 2.12 bits per heavy atom. The molecule has 0 aliphatic carbocycles. The third-order valence-electron chi connectivity index (χ3n) is 1.99. The maximum Gasteiger partial charge on any atom is 0.573 e. The molecule has 1 aromatic rings. The zero-order chi connectivity index (χ0) is 13.1. The molecule has 0 amide bonds. The first-order chi connectivity index (χ1) is 7.87. The van der Waals surface area contributed by atoms with Crippen LogP contribution in [0.5, 0.6) is 5.75 Å². The zero-order valence-electron chi connectivity index (χ0n) is 8.81. The molecule has 17 heavy (non-hydrogen) atoms. The number of nitrogens with zero attached hydrogens (tertiary/aromatic N) is 2. The summed E-state index contributed by atoms with van der Waals surface area (Å²) in [4.78, 5) is 3.73. The van der Waals surface area contributed by atoms with E-state index in [1.807, 2.05) is 0 Å². The number of hydrogen-bond acceptors (Lipinski definition) is 3. The quantitative estimate of drug-likeness (QED) is 0.772. The van der Waals surface area contributed by atoms with Crippen molar-refractivity contribution in [3.8, 4) is 11.8 Å². The molecule has 0 atom stereocenters. The van der Waals surface area contributed by atoms with Crippen LogP contribution in [0.1, 0.15) is 17.0 Å². The Hall–Kier alpha value is -1.84. The van der Waals surface area contributed by atoms with E-state index in [9.17, 15) is 17.6 Å². The fraction of sp³-hybridized carbons (Fsp3) is 0.400. The van der Waals surface area contributed by atoms with E-state index < -0.39 is 18.8 Å². The first kappa shape index (κ1) is 13.2. The highest BCUT2D eigenvalue weighted by molar-refractivity contribution is 5.38. The molecular formula is C10H8F4N2O. The van der Waals surface area contributed by atoms with Crippen LogP contribution in [0.3, 0.4) is 0 Å². The van der Waals surface area contributed by atoms with Crippen LogP contribution in [0.2, 0.25) is 0 Å². The molecule has 0 N–H and O–H groups in total. The highest BCUT2D eigenvalue weighted by Crippen LogP contribution is 2.28. The Balaban J connectivity index is 3.19. The Bertz CT molecular complexity index is 451. The van der Waals surface area contributed by atoms with Gasteiger partial charge in [-0.2, -0.15) is 5.26 Å². The van der Waals surface area contributed by atoms with Crippen molar-refractivity contribution >= 4 is 0 Å².